The van der Waals surface area contributed by atoms with Crippen LogP contribution in [0.5, 0.6) is 0 Å². The first-order valence-electron chi connectivity index (χ1n) is 8.74. The van der Waals surface area contributed by atoms with E-state index >= 15 is 0 Å². The molecule has 0 aliphatic heterocycles. The number of carbonyl (C=O) groups is 1. The van der Waals surface area contributed by atoms with Crippen LogP contribution in [0.2, 0.25) is 0 Å². The van der Waals surface area contributed by atoms with Crippen LogP contribution in [0.4, 0.5) is 0 Å². The maximum absolute atomic E-state index is 11.9. The van der Waals surface area contributed by atoms with Gasteiger partial charge in [0.25, 0.3) is 0 Å². The van der Waals surface area contributed by atoms with Crippen LogP contribution in [-0.2, 0) is 4.79 Å². The van der Waals surface area contributed by atoms with Crippen LogP contribution in [0, 0.1) is 0 Å². The van der Waals surface area contributed by atoms with E-state index in [2.05, 4.69) is 31.0 Å². The second kappa shape index (κ2) is 8.74. The van der Waals surface area contributed by atoms with Gasteiger partial charge in [0.05, 0.1) is 5.54 Å². The van der Waals surface area contributed by atoms with Gasteiger partial charge in [-0.2, -0.15) is 0 Å². The van der Waals surface area contributed by atoms with Crippen LogP contribution in [0.1, 0.15) is 72.6 Å². The topological polar surface area (TPSA) is 58.4 Å². The van der Waals surface area contributed by atoms with Crippen molar-refractivity contribution in [3.8, 4) is 0 Å². The molecule has 0 heterocycles. The van der Waals surface area contributed by atoms with Crippen molar-refractivity contribution in [2.24, 2.45) is 5.73 Å². The second-order valence-electron chi connectivity index (χ2n) is 6.91. The Morgan fingerprint density at radius 3 is 2.19 bits per heavy atom. The van der Waals surface area contributed by atoms with Gasteiger partial charge in [0, 0.05) is 12.1 Å². The normalized spacial score (nSPS) is 19.5. The van der Waals surface area contributed by atoms with E-state index in [4.69, 9.17) is 5.73 Å². The largest absolute Gasteiger partial charge is 0.368 e. The average Bonchev–Trinajstić information content (AvgIpc) is 3.22. The first kappa shape index (κ1) is 18.4. The van der Waals surface area contributed by atoms with Crippen molar-refractivity contribution in [1.82, 2.24) is 10.2 Å². The molecule has 2 atom stereocenters. The van der Waals surface area contributed by atoms with Crippen LogP contribution in [0.3, 0.4) is 0 Å². The molecule has 0 bridgehead atoms. The van der Waals surface area contributed by atoms with E-state index in [0.717, 1.165) is 19.5 Å². The number of nitrogens with zero attached hydrogens (tertiary/aromatic N) is 1. The quantitative estimate of drug-likeness (QED) is 0.582. The molecule has 0 radical (unpaired) electrons. The molecule has 2 unspecified atom stereocenters. The smallest absolute Gasteiger partial charge is 0.237 e. The second-order valence-corrected chi connectivity index (χ2v) is 6.91. The Labute approximate surface area is 130 Å². The summed E-state index contributed by atoms with van der Waals surface area (Å²) in [5.74, 6) is -0.216. The lowest BCUT2D eigenvalue weighted by Crippen LogP contribution is -2.57. The Hall–Kier alpha value is -0.610. The number of hydrogen-bond acceptors (Lipinski definition) is 3. The summed E-state index contributed by atoms with van der Waals surface area (Å²) in [6.07, 6.45) is 8.01. The summed E-state index contributed by atoms with van der Waals surface area (Å²) in [7, 11) is 0. The summed E-state index contributed by atoms with van der Waals surface area (Å²) in [6.45, 7) is 10.9. The standard InChI is InChI=1S/C17H35N3O/c1-5-7-11-20(12-8-6-2)14(3)13-17(4,16(18)21)19-15-9-10-15/h14-15,19H,5-13H2,1-4H3,(H2,18,21). The SMILES string of the molecule is CCCCN(CCCC)C(C)CC(C)(NC1CC1)C(N)=O. The van der Waals surface area contributed by atoms with Gasteiger partial charge in [0.2, 0.25) is 5.91 Å². The van der Waals surface area contributed by atoms with Crippen molar-refractivity contribution < 1.29 is 4.79 Å². The van der Waals surface area contributed by atoms with E-state index in [-0.39, 0.29) is 5.91 Å². The Morgan fingerprint density at radius 1 is 1.29 bits per heavy atom. The molecule has 21 heavy (non-hydrogen) atoms. The summed E-state index contributed by atoms with van der Waals surface area (Å²) in [5, 5.41) is 3.46. The van der Waals surface area contributed by atoms with Crippen molar-refractivity contribution in [3.63, 3.8) is 0 Å². The fraction of sp³-hybridized carbons (Fsp3) is 0.941. The molecule has 1 rings (SSSR count). The zero-order valence-corrected chi connectivity index (χ0v) is 14.5. The summed E-state index contributed by atoms with van der Waals surface area (Å²) >= 11 is 0. The highest BCUT2D eigenvalue weighted by molar-refractivity contribution is 5.84. The van der Waals surface area contributed by atoms with Crippen molar-refractivity contribution in [2.75, 3.05) is 13.1 Å². The van der Waals surface area contributed by atoms with Gasteiger partial charge in [-0.3, -0.25) is 4.79 Å². The highest BCUT2D eigenvalue weighted by Gasteiger charge is 2.38. The summed E-state index contributed by atoms with van der Waals surface area (Å²) in [6, 6.07) is 0.876. The third-order valence-electron chi connectivity index (χ3n) is 4.57. The van der Waals surface area contributed by atoms with Gasteiger partial charge in [0.15, 0.2) is 0 Å². The Kier molecular flexibility index (Phi) is 7.67. The Morgan fingerprint density at radius 2 is 1.81 bits per heavy atom. The van der Waals surface area contributed by atoms with Gasteiger partial charge in [-0.25, -0.2) is 0 Å². The van der Waals surface area contributed by atoms with Crippen LogP contribution < -0.4 is 11.1 Å². The van der Waals surface area contributed by atoms with Gasteiger partial charge in [-0.1, -0.05) is 26.7 Å². The lowest BCUT2D eigenvalue weighted by molar-refractivity contribution is -0.124. The van der Waals surface area contributed by atoms with Crippen molar-refractivity contribution >= 4 is 5.91 Å². The fourth-order valence-corrected chi connectivity index (χ4v) is 2.90. The molecule has 0 saturated heterocycles. The molecule has 1 saturated carbocycles. The highest BCUT2D eigenvalue weighted by atomic mass is 16.1. The van der Waals surface area contributed by atoms with Gasteiger partial charge >= 0.3 is 0 Å². The van der Waals surface area contributed by atoms with Crippen LogP contribution >= 0.6 is 0 Å². The van der Waals surface area contributed by atoms with Gasteiger partial charge in [-0.05, 0) is 59.0 Å². The maximum atomic E-state index is 11.9. The van der Waals surface area contributed by atoms with Crippen molar-refractivity contribution in [2.45, 2.75) is 90.3 Å². The molecule has 0 aromatic heterocycles. The zero-order valence-electron chi connectivity index (χ0n) is 14.5. The predicted molar refractivity (Wildman–Crippen MR) is 89.2 cm³/mol. The van der Waals surface area contributed by atoms with Gasteiger partial charge < -0.3 is 16.0 Å². The number of carbonyl (C=O) groups excluding carboxylic acids is 1. The van der Waals surface area contributed by atoms with E-state index in [9.17, 15) is 4.79 Å². The van der Waals surface area contributed by atoms with E-state index in [1.54, 1.807) is 0 Å². The minimum atomic E-state index is -0.572. The van der Waals surface area contributed by atoms with Gasteiger partial charge in [-0.15, -0.1) is 0 Å². The molecule has 0 spiro atoms. The third kappa shape index (κ3) is 6.35. The molecule has 124 valence electrons. The molecular formula is C17H35N3O. The Balaban J connectivity index is 2.61. The molecule has 0 aromatic rings. The molecule has 1 aliphatic carbocycles. The predicted octanol–water partition coefficient (Wildman–Crippen LogP) is 2.66. The van der Waals surface area contributed by atoms with Crippen molar-refractivity contribution in [1.29, 1.82) is 0 Å². The summed E-state index contributed by atoms with van der Waals surface area (Å²) < 4.78 is 0. The summed E-state index contributed by atoms with van der Waals surface area (Å²) in [5.41, 5.74) is 5.10. The number of unbranched alkanes of at least 4 members (excludes halogenated alkanes) is 2. The highest BCUT2D eigenvalue weighted by Crippen LogP contribution is 2.26. The van der Waals surface area contributed by atoms with Crippen molar-refractivity contribution in [3.05, 3.63) is 0 Å². The first-order valence-corrected chi connectivity index (χ1v) is 8.74. The van der Waals surface area contributed by atoms with E-state index < -0.39 is 5.54 Å². The zero-order chi connectivity index (χ0) is 15.9. The first-order chi connectivity index (χ1) is 9.92. The number of primary amides is 1. The molecule has 1 amide bonds. The number of rotatable bonds is 12. The monoisotopic (exact) mass is 297 g/mol. The lowest BCUT2D eigenvalue weighted by Gasteiger charge is -2.36. The molecule has 3 N–H and O–H groups in total. The molecule has 0 aromatic carbocycles. The molecule has 1 aliphatic rings. The minimum absolute atomic E-state index is 0.216. The number of hydrogen-bond donors (Lipinski definition) is 2. The fourth-order valence-electron chi connectivity index (χ4n) is 2.90. The minimum Gasteiger partial charge on any atom is -0.368 e. The lowest BCUT2D eigenvalue weighted by atomic mass is 9.91. The van der Waals surface area contributed by atoms with E-state index in [0.29, 0.717) is 12.1 Å². The molecule has 4 heteroatoms. The summed E-state index contributed by atoms with van der Waals surface area (Å²) in [4.78, 5) is 14.4. The van der Waals surface area contributed by atoms with E-state index in [1.807, 2.05) is 6.92 Å². The molecule has 4 nitrogen and oxygen atoms in total. The molecular weight excluding hydrogens is 262 g/mol. The molecule has 1 fully saturated rings. The average molecular weight is 297 g/mol. The van der Waals surface area contributed by atoms with Gasteiger partial charge in [0.1, 0.15) is 0 Å². The van der Waals surface area contributed by atoms with Crippen LogP contribution in [0.25, 0.3) is 0 Å². The van der Waals surface area contributed by atoms with Crippen LogP contribution in [-0.4, -0.2) is 41.5 Å². The third-order valence-corrected chi connectivity index (χ3v) is 4.57. The Bertz CT molecular complexity index is 309. The van der Waals surface area contributed by atoms with E-state index in [1.165, 1.54) is 38.5 Å². The van der Waals surface area contributed by atoms with Crippen LogP contribution in [0.15, 0.2) is 0 Å². The number of nitrogens with two attached hydrogens (primary N) is 1. The number of amides is 1. The maximum Gasteiger partial charge on any atom is 0.237 e. The number of nitrogens with one attached hydrogen (secondary N) is 1.